The van der Waals surface area contributed by atoms with Gasteiger partial charge in [0, 0.05) is 36.8 Å². The van der Waals surface area contributed by atoms with Crippen molar-refractivity contribution in [3.05, 3.63) is 87.6 Å². The Labute approximate surface area is 244 Å². The summed E-state index contributed by atoms with van der Waals surface area (Å²) < 4.78 is 33.0. The molecular weight excluding hydrogens is 542 g/mol. The Hall–Kier alpha value is -3.92. The summed E-state index contributed by atoms with van der Waals surface area (Å²) in [5.41, 5.74) is 4.92. The van der Waals surface area contributed by atoms with Gasteiger partial charge in [0.25, 0.3) is 11.5 Å². The molecule has 3 aromatic rings. The Morgan fingerprint density at radius 2 is 1.79 bits per heavy atom. The van der Waals surface area contributed by atoms with Gasteiger partial charge in [-0.05, 0) is 60.1 Å². The number of aromatic nitrogens is 2. The van der Waals surface area contributed by atoms with Crippen LogP contribution in [0.25, 0.3) is 11.1 Å². The van der Waals surface area contributed by atoms with E-state index < -0.39 is 29.9 Å². The number of hydrogen-bond acceptors (Lipinski definition) is 6. The lowest BCUT2D eigenvalue weighted by Gasteiger charge is -2.38. The first kappa shape index (κ1) is 31.0. The highest BCUT2D eigenvalue weighted by Gasteiger charge is 2.43. The number of likely N-dealkylation sites (tertiary alicyclic amines) is 1. The van der Waals surface area contributed by atoms with E-state index in [0.717, 1.165) is 22.3 Å². The van der Waals surface area contributed by atoms with E-state index in [1.165, 1.54) is 17.7 Å². The first-order valence-corrected chi connectivity index (χ1v) is 14.1. The summed E-state index contributed by atoms with van der Waals surface area (Å²) >= 11 is 0. The average molecular weight is 581 g/mol. The van der Waals surface area contributed by atoms with Crippen molar-refractivity contribution in [2.24, 2.45) is 5.92 Å². The van der Waals surface area contributed by atoms with E-state index in [1.807, 2.05) is 52.0 Å². The number of benzene rings is 1. The summed E-state index contributed by atoms with van der Waals surface area (Å²) in [4.78, 5) is 45.3. The number of aryl methyl sites for hydroxylation is 2. The first-order valence-electron chi connectivity index (χ1n) is 14.1. The summed E-state index contributed by atoms with van der Waals surface area (Å²) in [5, 5.41) is 2.98. The van der Waals surface area contributed by atoms with Crippen molar-refractivity contribution < 1.29 is 23.1 Å². The van der Waals surface area contributed by atoms with Gasteiger partial charge in [-0.15, -0.1) is 0 Å². The van der Waals surface area contributed by atoms with Crippen LogP contribution in [0.3, 0.4) is 0 Å². The molecule has 1 amide bonds. The fraction of sp³-hybridized carbons (Fsp3) is 0.438. The number of hydrogen-bond donors (Lipinski definition) is 1. The predicted octanol–water partition coefficient (Wildman–Crippen LogP) is 4.99. The number of amides is 1. The zero-order valence-electron chi connectivity index (χ0n) is 24.7. The van der Waals surface area contributed by atoms with Crippen molar-refractivity contribution in [3.8, 4) is 11.1 Å². The number of esters is 1. The molecule has 2 aromatic heterocycles. The van der Waals surface area contributed by atoms with Gasteiger partial charge in [-0.1, -0.05) is 38.1 Å². The molecule has 1 aromatic carbocycles. The molecule has 1 aliphatic heterocycles. The van der Waals surface area contributed by atoms with E-state index in [-0.39, 0.29) is 37.5 Å². The number of carbonyl (C=O) groups is 2. The molecule has 0 spiro atoms. The van der Waals surface area contributed by atoms with E-state index in [1.54, 1.807) is 29.6 Å². The number of methoxy groups -OCH3 is 1. The smallest absolute Gasteiger partial charge is 0.307 e. The number of alkyl halides is 2. The van der Waals surface area contributed by atoms with Crippen LogP contribution in [-0.2, 0) is 20.9 Å². The Morgan fingerprint density at radius 1 is 1.10 bits per heavy atom. The number of halogens is 2. The molecule has 0 radical (unpaired) electrons. The van der Waals surface area contributed by atoms with Crippen LogP contribution in [0, 0.1) is 19.8 Å². The van der Waals surface area contributed by atoms with Crippen LogP contribution < -0.4 is 10.9 Å². The normalized spacial score (nSPS) is 16.0. The Bertz CT molecular complexity index is 1480. The molecule has 2 unspecified atom stereocenters. The second-order valence-corrected chi connectivity index (χ2v) is 11.5. The Morgan fingerprint density at radius 3 is 2.40 bits per heavy atom. The van der Waals surface area contributed by atoms with E-state index in [2.05, 4.69) is 10.3 Å². The van der Waals surface area contributed by atoms with Crippen LogP contribution in [0.1, 0.15) is 61.0 Å². The van der Waals surface area contributed by atoms with Crippen LogP contribution >= 0.6 is 0 Å². The Kier molecular flexibility index (Phi) is 9.56. The molecule has 1 N–H and O–H groups in total. The lowest BCUT2D eigenvalue weighted by atomic mass is 9.94. The van der Waals surface area contributed by atoms with Crippen molar-refractivity contribution >= 4 is 11.9 Å². The summed E-state index contributed by atoms with van der Waals surface area (Å²) in [7, 11) is 1.28. The molecule has 42 heavy (non-hydrogen) atoms. The maximum atomic E-state index is 13.9. The van der Waals surface area contributed by atoms with Crippen LogP contribution in [0.2, 0.25) is 0 Å². The molecule has 0 saturated carbocycles. The number of rotatable bonds is 11. The van der Waals surface area contributed by atoms with Gasteiger partial charge in [0.2, 0.25) is 5.91 Å². The minimum Gasteiger partial charge on any atom is -0.469 e. The van der Waals surface area contributed by atoms with E-state index in [9.17, 15) is 23.2 Å². The van der Waals surface area contributed by atoms with Gasteiger partial charge in [0.15, 0.2) is 0 Å². The quantitative estimate of drug-likeness (QED) is 0.322. The molecule has 3 heterocycles. The SMILES string of the molecule is COC(=O)CC(NC(=O)C(CC(C)C)n1cc(CN2CC(F)(F)C2)ccc1=O)c1cncc(-c2c(C)cccc2C)c1. The largest absolute Gasteiger partial charge is 0.469 e. The third-order valence-electron chi connectivity index (χ3n) is 7.50. The van der Waals surface area contributed by atoms with Crippen molar-refractivity contribution in [1.82, 2.24) is 19.8 Å². The van der Waals surface area contributed by atoms with Gasteiger partial charge in [0.05, 0.1) is 32.7 Å². The summed E-state index contributed by atoms with van der Waals surface area (Å²) in [6, 6.07) is 9.22. The molecule has 8 nitrogen and oxygen atoms in total. The lowest BCUT2D eigenvalue weighted by Crippen LogP contribution is -2.55. The van der Waals surface area contributed by atoms with Crippen molar-refractivity contribution in [2.75, 3.05) is 20.2 Å². The molecular formula is C32H38F2N4O4. The second kappa shape index (κ2) is 12.9. The highest BCUT2D eigenvalue weighted by molar-refractivity contribution is 5.82. The number of nitrogens with zero attached hydrogens (tertiary/aromatic N) is 3. The van der Waals surface area contributed by atoms with Gasteiger partial charge < -0.3 is 14.6 Å². The molecule has 1 saturated heterocycles. The van der Waals surface area contributed by atoms with Crippen LogP contribution in [0.5, 0.6) is 0 Å². The van der Waals surface area contributed by atoms with Crippen LogP contribution in [-0.4, -0.2) is 52.4 Å². The molecule has 0 bridgehead atoms. The predicted molar refractivity (Wildman–Crippen MR) is 156 cm³/mol. The third kappa shape index (κ3) is 7.47. The third-order valence-corrected chi connectivity index (χ3v) is 7.50. The monoisotopic (exact) mass is 580 g/mol. The van der Waals surface area contributed by atoms with Gasteiger partial charge in [-0.2, -0.15) is 0 Å². The molecule has 224 valence electrons. The number of ether oxygens (including phenoxy) is 1. The highest BCUT2D eigenvalue weighted by atomic mass is 19.3. The number of pyridine rings is 2. The maximum absolute atomic E-state index is 13.9. The minimum atomic E-state index is -2.70. The second-order valence-electron chi connectivity index (χ2n) is 11.5. The average Bonchev–Trinajstić information content (AvgIpc) is 2.91. The fourth-order valence-corrected chi connectivity index (χ4v) is 5.48. The Balaban J connectivity index is 1.65. The van der Waals surface area contributed by atoms with Gasteiger partial charge in [-0.25, -0.2) is 8.78 Å². The minimum absolute atomic E-state index is 0.0541. The zero-order valence-corrected chi connectivity index (χ0v) is 24.7. The van der Waals surface area contributed by atoms with Crippen LogP contribution in [0.15, 0.2) is 59.8 Å². The van der Waals surface area contributed by atoms with Crippen molar-refractivity contribution in [3.63, 3.8) is 0 Å². The fourth-order valence-electron chi connectivity index (χ4n) is 5.48. The highest BCUT2D eigenvalue weighted by Crippen LogP contribution is 2.30. The van der Waals surface area contributed by atoms with Gasteiger partial charge >= 0.3 is 5.97 Å². The molecule has 4 rings (SSSR count). The molecule has 10 heteroatoms. The molecule has 1 fully saturated rings. The maximum Gasteiger partial charge on any atom is 0.307 e. The van der Waals surface area contributed by atoms with E-state index in [0.29, 0.717) is 17.5 Å². The summed E-state index contributed by atoms with van der Waals surface area (Å²) in [6.45, 7) is 7.48. The summed E-state index contributed by atoms with van der Waals surface area (Å²) in [6.07, 6.45) is 5.15. The van der Waals surface area contributed by atoms with E-state index >= 15 is 0 Å². The molecule has 2 atom stereocenters. The molecule has 1 aliphatic rings. The summed E-state index contributed by atoms with van der Waals surface area (Å²) in [5.74, 6) is -3.60. The van der Waals surface area contributed by atoms with Crippen LogP contribution in [0.4, 0.5) is 8.78 Å². The topological polar surface area (TPSA) is 93.5 Å². The van der Waals surface area contributed by atoms with E-state index in [4.69, 9.17) is 4.74 Å². The first-order chi connectivity index (χ1) is 19.9. The standard InChI is InChI=1S/C32H38F2N4O4/c1-20(2)11-27(38-17-23(9-10-28(38)39)16-37-18-32(33,34)19-37)31(41)36-26(13-29(40)42-5)24-12-25(15-35-14-24)30-21(3)7-6-8-22(30)4/h6-10,12,14-15,17,20,26-27H,11,13,16,18-19H2,1-5H3,(H,36,41). The zero-order chi connectivity index (χ0) is 30.6. The van der Waals surface area contributed by atoms with Gasteiger partial charge in [0.1, 0.15) is 6.04 Å². The van der Waals surface area contributed by atoms with Crippen molar-refractivity contribution in [2.45, 2.75) is 65.1 Å². The molecule has 0 aliphatic carbocycles. The lowest BCUT2D eigenvalue weighted by molar-refractivity contribution is -0.141. The number of nitrogens with one attached hydrogen (secondary N) is 1. The van der Waals surface area contributed by atoms with Crippen molar-refractivity contribution in [1.29, 1.82) is 0 Å². The van der Waals surface area contributed by atoms with Gasteiger partial charge in [-0.3, -0.25) is 24.3 Å². The number of carbonyl (C=O) groups excluding carboxylic acids is 2.